The lowest BCUT2D eigenvalue weighted by Crippen LogP contribution is -2.34. The Balaban J connectivity index is 0.000000217. The maximum absolute atomic E-state index is 6.13. The van der Waals surface area contributed by atoms with Crippen molar-refractivity contribution >= 4 is 88.8 Å². The second kappa shape index (κ2) is 16.2. The summed E-state index contributed by atoms with van der Waals surface area (Å²) in [7, 11) is 0. The fourth-order valence-electron chi connectivity index (χ4n) is 3.69. The van der Waals surface area contributed by atoms with Crippen molar-refractivity contribution in [2.45, 2.75) is 50.5 Å². The summed E-state index contributed by atoms with van der Waals surface area (Å²) in [6.45, 7) is 13.0. The summed E-state index contributed by atoms with van der Waals surface area (Å²) in [5.74, 6) is 0. The average molecular weight is 757 g/mol. The number of nitrogens with zero attached hydrogens (tertiary/aromatic N) is 1. The fraction of sp³-hybridized carbons (Fsp3) is 0.429. The molecular formula is C28H35Br2Cl2IN2. The van der Waals surface area contributed by atoms with Gasteiger partial charge in [-0.1, -0.05) is 83.9 Å². The Bertz CT molecular complexity index is 1020. The molecule has 192 valence electrons. The minimum absolute atomic E-state index is 0.626. The summed E-state index contributed by atoms with van der Waals surface area (Å²) in [5.41, 5.74) is 5.29. The van der Waals surface area contributed by atoms with Gasteiger partial charge in [-0.05, 0) is 112 Å². The van der Waals surface area contributed by atoms with Crippen molar-refractivity contribution in [3.8, 4) is 0 Å². The predicted molar refractivity (Wildman–Crippen MR) is 172 cm³/mol. The standard InChI is InChI=1S/C14H17BrClN.C11H11BrClN.C3H7I/c1-10(2)17-7-5-11(6-8-17)12-3-4-13(15)14(16)9-12;12-10-2-1-9(7-11(10)13)8-3-5-14-6-4-8;1-3(2)4/h3-5,9-10H,6-8H2,1-2H3;1-3,7,14H,4-6H2;3H,1-2H3. The lowest BCUT2D eigenvalue weighted by molar-refractivity contribution is 0.245. The molecule has 0 saturated heterocycles. The van der Waals surface area contributed by atoms with E-state index in [0.717, 1.165) is 61.9 Å². The maximum atomic E-state index is 6.13. The second-order valence-electron chi connectivity index (χ2n) is 9.02. The number of hydrogen-bond donors (Lipinski definition) is 1. The van der Waals surface area contributed by atoms with Crippen molar-refractivity contribution < 1.29 is 0 Å². The monoisotopic (exact) mass is 754 g/mol. The molecule has 2 aliphatic rings. The summed E-state index contributed by atoms with van der Waals surface area (Å²) in [6, 6.07) is 12.9. The highest BCUT2D eigenvalue weighted by molar-refractivity contribution is 14.1. The minimum Gasteiger partial charge on any atom is -0.313 e. The molecule has 0 fully saturated rings. The van der Waals surface area contributed by atoms with Gasteiger partial charge in [0.2, 0.25) is 0 Å². The van der Waals surface area contributed by atoms with Crippen LogP contribution in [0.2, 0.25) is 10.0 Å². The number of nitrogens with one attached hydrogen (secondary N) is 1. The van der Waals surface area contributed by atoms with E-state index in [2.05, 4.69) is 117 Å². The van der Waals surface area contributed by atoms with Crippen molar-refractivity contribution in [3.05, 3.63) is 78.7 Å². The third-order valence-corrected chi connectivity index (χ3v) is 8.08. The maximum Gasteiger partial charge on any atom is 0.0554 e. The SMILES string of the molecule is CC(C)I.CC(C)N1CC=C(c2ccc(Br)c(Cl)c2)CC1.Clc1cc(C2=CCNCC2)ccc1Br. The fourth-order valence-corrected chi connectivity index (χ4v) is 4.55. The van der Waals surface area contributed by atoms with Crippen molar-refractivity contribution in [1.29, 1.82) is 0 Å². The van der Waals surface area contributed by atoms with E-state index in [1.807, 2.05) is 24.3 Å². The zero-order chi connectivity index (χ0) is 26.0. The van der Waals surface area contributed by atoms with E-state index in [0.29, 0.717) is 6.04 Å². The molecule has 7 heteroatoms. The number of rotatable bonds is 3. The first-order valence-electron chi connectivity index (χ1n) is 12.0. The summed E-state index contributed by atoms with van der Waals surface area (Å²) in [6.07, 6.45) is 6.74. The largest absolute Gasteiger partial charge is 0.313 e. The number of alkyl halides is 1. The van der Waals surface area contributed by atoms with Gasteiger partial charge in [0, 0.05) is 38.5 Å². The molecule has 2 aromatic carbocycles. The topological polar surface area (TPSA) is 15.3 Å². The normalized spacial score (nSPS) is 16.1. The van der Waals surface area contributed by atoms with Gasteiger partial charge in [-0.3, -0.25) is 4.90 Å². The first kappa shape index (κ1) is 31.3. The van der Waals surface area contributed by atoms with E-state index < -0.39 is 0 Å². The first-order valence-corrected chi connectivity index (χ1v) is 15.5. The lowest BCUT2D eigenvalue weighted by atomic mass is 9.99. The summed E-state index contributed by atoms with van der Waals surface area (Å²) >= 11 is 21.3. The van der Waals surface area contributed by atoms with E-state index >= 15 is 0 Å². The van der Waals surface area contributed by atoms with Crippen LogP contribution in [-0.4, -0.2) is 41.0 Å². The zero-order valence-corrected chi connectivity index (χ0v) is 27.7. The molecule has 0 aromatic heterocycles. The quantitative estimate of drug-likeness (QED) is 0.248. The molecule has 0 saturated carbocycles. The van der Waals surface area contributed by atoms with Crippen LogP contribution < -0.4 is 5.32 Å². The molecule has 0 spiro atoms. The van der Waals surface area contributed by atoms with E-state index in [4.69, 9.17) is 23.2 Å². The summed E-state index contributed by atoms with van der Waals surface area (Å²) in [5, 5.41) is 4.86. The number of hydrogen-bond acceptors (Lipinski definition) is 2. The Labute approximate surface area is 252 Å². The highest BCUT2D eigenvalue weighted by Crippen LogP contribution is 2.30. The van der Waals surface area contributed by atoms with Gasteiger partial charge < -0.3 is 5.32 Å². The number of benzene rings is 2. The Kier molecular flexibility index (Phi) is 14.5. The number of halogens is 5. The molecule has 0 atom stereocenters. The zero-order valence-electron chi connectivity index (χ0n) is 20.9. The van der Waals surface area contributed by atoms with E-state index in [-0.39, 0.29) is 0 Å². The van der Waals surface area contributed by atoms with Crippen LogP contribution in [0.1, 0.15) is 51.7 Å². The van der Waals surface area contributed by atoms with Crippen LogP contribution in [0.5, 0.6) is 0 Å². The van der Waals surface area contributed by atoms with E-state index in [9.17, 15) is 0 Å². The smallest absolute Gasteiger partial charge is 0.0554 e. The second-order valence-corrected chi connectivity index (χ2v) is 14.0. The van der Waals surface area contributed by atoms with Gasteiger partial charge in [-0.15, -0.1) is 0 Å². The van der Waals surface area contributed by atoms with Gasteiger partial charge in [-0.25, -0.2) is 0 Å². The third-order valence-electron chi connectivity index (χ3n) is 5.62. The molecule has 2 nitrogen and oxygen atoms in total. The van der Waals surface area contributed by atoms with Gasteiger partial charge in [0.15, 0.2) is 0 Å². The Hall–Kier alpha value is 0.110. The van der Waals surface area contributed by atoms with E-state index in [1.54, 1.807) is 0 Å². The molecule has 1 N–H and O–H groups in total. The lowest BCUT2D eigenvalue weighted by Gasteiger charge is -2.29. The van der Waals surface area contributed by atoms with Gasteiger partial charge in [0.1, 0.15) is 0 Å². The van der Waals surface area contributed by atoms with Crippen LogP contribution in [-0.2, 0) is 0 Å². The van der Waals surface area contributed by atoms with Crippen molar-refractivity contribution in [1.82, 2.24) is 10.2 Å². The first-order chi connectivity index (χ1) is 16.6. The molecule has 0 unspecified atom stereocenters. The molecule has 0 amide bonds. The molecule has 0 bridgehead atoms. The van der Waals surface area contributed by atoms with Gasteiger partial charge in [0.25, 0.3) is 0 Å². The van der Waals surface area contributed by atoms with Crippen LogP contribution in [0, 0.1) is 0 Å². The Morgan fingerprint density at radius 2 is 1.37 bits per heavy atom. The average Bonchev–Trinajstić information content (AvgIpc) is 2.83. The summed E-state index contributed by atoms with van der Waals surface area (Å²) < 4.78 is 2.72. The molecular weight excluding hydrogens is 722 g/mol. The molecule has 0 aliphatic carbocycles. The van der Waals surface area contributed by atoms with Crippen molar-refractivity contribution in [2.75, 3.05) is 26.2 Å². The van der Waals surface area contributed by atoms with Crippen LogP contribution >= 0.6 is 77.7 Å². The van der Waals surface area contributed by atoms with Crippen LogP contribution in [0.3, 0.4) is 0 Å². The van der Waals surface area contributed by atoms with Crippen LogP contribution in [0.25, 0.3) is 11.1 Å². The Morgan fingerprint density at radius 1 is 0.857 bits per heavy atom. The third kappa shape index (κ3) is 11.2. The van der Waals surface area contributed by atoms with Gasteiger partial charge in [-0.2, -0.15) is 0 Å². The minimum atomic E-state index is 0.626. The van der Waals surface area contributed by atoms with Crippen molar-refractivity contribution in [2.24, 2.45) is 0 Å². The molecule has 0 radical (unpaired) electrons. The molecule has 2 aliphatic heterocycles. The van der Waals surface area contributed by atoms with E-state index in [1.165, 1.54) is 22.3 Å². The van der Waals surface area contributed by atoms with Crippen molar-refractivity contribution in [3.63, 3.8) is 0 Å². The van der Waals surface area contributed by atoms with Gasteiger partial charge >= 0.3 is 0 Å². The molecule has 4 rings (SSSR count). The summed E-state index contributed by atoms with van der Waals surface area (Å²) in [4.78, 5) is 2.48. The molecule has 2 aromatic rings. The molecule has 2 heterocycles. The van der Waals surface area contributed by atoms with Gasteiger partial charge in [0.05, 0.1) is 10.0 Å². The molecule has 35 heavy (non-hydrogen) atoms. The van der Waals surface area contributed by atoms with Crippen LogP contribution in [0.15, 0.2) is 57.5 Å². The Morgan fingerprint density at radius 3 is 1.74 bits per heavy atom. The van der Waals surface area contributed by atoms with Crippen LogP contribution in [0.4, 0.5) is 0 Å². The predicted octanol–water partition coefficient (Wildman–Crippen LogP) is 9.91. The highest BCUT2D eigenvalue weighted by atomic mass is 127. The highest BCUT2D eigenvalue weighted by Gasteiger charge is 2.15.